The van der Waals surface area contributed by atoms with Crippen LogP contribution < -0.4 is 0 Å². The van der Waals surface area contributed by atoms with Gasteiger partial charge in [-0.3, -0.25) is 0 Å². The molecule has 20 heavy (non-hydrogen) atoms. The van der Waals surface area contributed by atoms with Crippen LogP contribution in [0.1, 0.15) is 19.4 Å². The Hall–Kier alpha value is -0.690. The number of hydrogen-bond acceptors (Lipinski definition) is 3. The minimum Gasteiger partial charge on any atom is -0.375 e. The van der Waals surface area contributed by atoms with E-state index >= 15 is 0 Å². The number of rotatable bonds is 3. The number of morpholine rings is 1. The van der Waals surface area contributed by atoms with Crippen molar-refractivity contribution in [1.29, 1.82) is 0 Å². The van der Waals surface area contributed by atoms with Crippen molar-refractivity contribution >= 4 is 21.6 Å². The molecule has 7 heteroatoms. The van der Waals surface area contributed by atoms with Gasteiger partial charge in [0.25, 0.3) is 0 Å². The summed E-state index contributed by atoms with van der Waals surface area (Å²) in [5.74, 6) is -0.622. The Kier molecular flexibility index (Phi) is 4.69. The van der Waals surface area contributed by atoms with Crippen molar-refractivity contribution in [2.24, 2.45) is 0 Å². The van der Waals surface area contributed by atoms with E-state index in [1.807, 2.05) is 0 Å². The molecule has 1 aromatic rings. The summed E-state index contributed by atoms with van der Waals surface area (Å²) in [4.78, 5) is -0.323. The van der Waals surface area contributed by atoms with Gasteiger partial charge in [0, 0.05) is 18.5 Å². The Labute approximate surface area is 123 Å². The Bertz CT molecular complexity index is 593. The molecule has 1 heterocycles. The average Bonchev–Trinajstić information content (AvgIpc) is 2.41. The summed E-state index contributed by atoms with van der Waals surface area (Å²) in [5.41, 5.74) is 0.570. The fraction of sp³-hybridized carbons (Fsp3) is 0.538. The number of ether oxygens (including phenoxy) is 1. The summed E-state index contributed by atoms with van der Waals surface area (Å²) in [7, 11) is -3.89. The van der Waals surface area contributed by atoms with Crippen LogP contribution in [0, 0.1) is 5.82 Å². The minimum absolute atomic E-state index is 0.137. The molecule has 0 saturated carbocycles. The van der Waals surface area contributed by atoms with Gasteiger partial charge >= 0.3 is 0 Å². The number of nitrogens with zero attached hydrogens (tertiary/aromatic N) is 1. The first-order valence-electron chi connectivity index (χ1n) is 6.34. The first-order valence-corrected chi connectivity index (χ1v) is 8.31. The van der Waals surface area contributed by atoms with Crippen LogP contribution in [0.3, 0.4) is 0 Å². The van der Waals surface area contributed by atoms with Crippen LogP contribution in [-0.4, -0.2) is 38.0 Å². The van der Waals surface area contributed by atoms with Gasteiger partial charge in [0.05, 0.1) is 12.7 Å². The first-order chi connectivity index (χ1) is 9.36. The highest BCUT2D eigenvalue weighted by Gasteiger charge is 2.35. The summed E-state index contributed by atoms with van der Waals surface area (Å²) >= 11 is 5.69. The van der Waals surface area contributed by atoms with E-state index in [0.29, 0.717) is 12.2 Å². The second-order valence-corrected chi connectivity index (χ2v) is 7.09. The van der Waals surface area contributed by atoms with Crippen molar-refractivity contribution in [3.63, 3.8) is 0 Å². The SMILES string of the molecule is CC1CN(S(=O)(=O)c2cc(CCl)ccc2F)C(C)CO1. The maximum Gasteiger partial charge on any atom is 0.246 e. The van der Waals surface area contributed by atoms with Crippen molar-refractivity contribution in [1.82, 2.24) is 4.31 Å². The zero-order chi connectivity index (χ0) is 14.9. The molecule has 0 bridgehead atoms. The van der Waals surface area contributed by atoms with E-state index in [-0.39, 0.29) is 29.5 Å². The molecule has 0 N–H and O–H groups in total. The molecular weight excluding hydrogens is 305 g/mol. The smallest absolute Gasteiger partial charge is 0.246 e. The standard InChI is InChI=1S/C13H17ClFNO3S/c1-9-8-19-10(2)7-16(9)20(17,18)13-5-11(6-14)3-4-12(13)15/h3-5,9-10H,6-8H2,1-2H3. The molecule has 1 fully saturated rings. The summed E-state index contributed by atoms with van der Waals surface area (Å²) in [5, 5.41) is 0. The van der Waals surface area contributed by atoms with Crippen molar-refractivity contribution in [2.75, 3.05) is 13.2 Å². The van der Waals surface area contributed by atoms with Gasteiger partial charge in [0.2, 0.25) is 10.0 Å². The Morgan fingerprint density at radius 2 is 2.15 bits per heavy atom. The number of hydrogen-bond donors (Lipinski definition) is 0. The highest BCUT2D eigenvalue weighted by molar-refractivity contribution is 7.89. The van der Waals surface area contributed by atoms with Crippen LogP contribution in [0.15, 0.2) is 23.1 Å². The Balaban J connectivity index is 2.43. The highest BCUT2D eigenvalue weighted by atomic mass is 35.5. The summed E-state index contributed by atoms with van der Waals surface area (Å²) in [6.45, 7) is 4.05. The summed E-state index contributed by atoms with van der Waals surface area (Å²) in [6.07, 6.45) is -0.208. The third kappa shape index (κ3) is 2.98. The van der Waals surface area contributed by atoms with E-state index in [2.05, 4.69) is 0 Å². The molecule has 0 amide bonds. The molecule has 0 spiro atoms. The lowest BCUT2D eigenvalue weighted by atomic mass is 10.2. The second kappa shape index (κ2) is 5.97. The van der Waals surface area contributed by atoms with Gasteiger partial charge in [-0.05, 0) is 31.5 Å². The fourth-order valence-corrected chi connectivity index (χ4v) is 4.14. The molecule has 1 saturated heterocycles. The molecule has 112 valence electrons. The largest absolute Gasteiger partial charge is 0.375 e. The summed E-state index contributed by atoms with van der Waals surface area (Å²) in [6, 6.07) is 3.59. The van der Waals surface area contributed by atoms with Crippen LogP contribution in [-0.2, 0) is 20.6 Å². The average molecular weight is 322 g/mol. The molecule has 0 radical (unpaired) electrons. The molecule has 2 atom stereocenters. The van der Waals surface area contributed by atoms with Gasteiger partial charge in [-0.15, -0.1) is 11.6 Å². The molecule has 1 aromatic carbocycles. The van der Waals surface area contributed by atoms with Gasteiger partial charge in [0.15, 0.2) is 0 Å². The maximum atomic E-state index is 13.9. The zero-order valence-corrected chi connectivity index (χ0v) is 12.9. The van der Waals surface area contributed by atoms with E-state index in [4.69, 9.17) is 16.3 Å². The van der Waals surface area contributed by atoms with E-state index in [9.17, 15) is 12.8 Å². The monoisotopic (exact) mass is 321 g/mol. The molecule has 1 aliphatic heterocycles. The van der Waals surface area contributed by atoms with E-state index in [1.54, 1.807) is 13.8 Å². The molecule has 0 aromatic heterocycles. The van der Waals surface area contributed by atoms with Crippen LogP contribution in [0.2, 0.25) is 0 Å². The van der Waals surface area contributed by atoms with Crippen LogP contribution in [0.5, 0.6) is 0 Å². The Morgan fingerprint density at radius 3 is 2.80 bits per heavy atom. The van der Waals surface area contributed by atoms with Crippen LogP contribution in [0.4, 0.5) is 4.39 Å². The number of halogens is 2. The van der Waals surface area contributed by atoms with Crippen LogP contribution in [0.25, 0.3) is 0 Å². The molecule has 2 rings (SSSR count). The second-order valence-electron chi connectivity index (χ2n) is 4.97. The van der Waals surface area contributed by atoms with E-state index in [0.717, 1.165) is 6.07 Å². The summed E-state index contributed by atoms with van der Waals surface area (Å²) < 4.78 is 45.8. The van der Waals surface area contributed by atoms with E-state index in [1.165, 1.54) is 16.4 Å². The number of benzene rings is 1. The minimum atomic E-state index is -3.89. The molecular formula is C13H17ClFNO3S. The lowest BCUT2D eigenvalue weighted by Crippen LogP contribution is -2.50. The maximum absolute atomic E-state index is 13.9. The van der Waals surface area contributed by atoms with E-state index < -0.39 is 15.8 Å². The molecule has 0 aliphatic carbocycles. The predicted molar refractivity (Wildman–Crippen MR) is 74.7 cm³/mol. The van der Waals surface area contributed by atoms with Crippen LogP contribution >= 0.6 is 11.6 Å². The molecule has 4 nitrogen and oxygen atoms in total. The zero-order valence-electron chi connectivity index (χ0n) is 11.3. The van der Waals surface area contributed by atoms with Gasteiger partial charge in [-0.1, -0.05) is 6.07 Å². The lowest BCUT2D eigenvalue weighted by molar-refractivity contribution is -0.0171. The number of sulfonamides is 1. The first kappa shape index (κ1) is 15.7. The predicted octanol–water partition coefficient (Wildman–Crippen LogP) is 2.36. The number of alkyl halides is 1. The van der Waals surface area contributed by atoms with Gasteiger partial charge in [-0.2, -0.15) is 4.31 Å². The van der Waals surface area contributed by atoms with Gasteiger partial charge in [0.1, 0.15) is 10.7 Å². The quantitative estimate of drug-likeness (QED) is 0.803. The van der Waals surface area contributed by atoms with Crippen molar-refractivity contribution in [3.05, 3.63) is 29.6 Å². The third-order valence-corrected chi connectivity index (χ3v) is 5.59. The third-order valence-electron chi connectivity index (χ3n) is 3.29. The van der Waals surface area contributed by atoms with Gasteiger partial charge in [-0.25, -0.2) is 12.8 Å². The molecule has 1 aliphatic rings. The van der Waals surface area contributed by atoms with Crippen molar-refractivity contribution < 1.29 is 17.5 Å². The topological polar surface area (TPSA) is 46.6 Å². The van der Waals surface area contributed by atoms with Crippen molar-refractivity contribution in [2.45, 2.75) is 36.8 Å². The highest BCUT2D eigenvalue weighted by Crippen LogP contribution is 2.25. The molecule has 2 unspecified atom stereocenters. The van der Waals surface area contributed by atoms with Gasteiger partial charge < -0.3 is 4.74 Å². The normalized spacial score (nSPS) is 24.8. The fourth-order valence-electron chi connectivity index (χ4n) is 2.16. The van der Waals surface area contributed by atoms with Crippen molar-refractivity contribution in [3.8, 4) is 0 Å². The lowest BCUT2D eigenvalue weighted by Gasteiger charge is -2.35. The Morgan fingerprint density at radius 1 is 1.45 bits per heavy atom.